The Morgan fingerprint density at radius 3 is 2.52 bits per heavy atom. The molecule has 0 saturated carbocycles. The number of carbonyl (C=O) groups is 1. The van der Waals surface area contributed by atoms with Crippen LogP contribution in [0.15, 0.2) is 23.3 Å². The SMILES string of the molecule is C/C1=C/[C@@H](O[C@@H]2O[C@H](CO)[C@@H](O)[C@@H](O)[C@H]2O)C/C(C)=C\[C@H]2OC(=O)[C@@H](C)[C@@H]2CC1. The van der Waals surface area contributed by atoms with Crippen LogP contribution in [0.1, 0.15) is 40.0 Å². The molecule has 3 aliphatic rings. The summed E-state index contributed by atoms with van der Waals surface area (Å²) in [5.74, 6) is -0.153. The maximum absolute atomic E-state index is 12.0. The van der Waals surface area contributed by atoms with Gasteiger partial charge in [-0.1, -0.05) is 24.1 Å². The predicted molar refractivity (Wildman–Crippen MR) is 103 cm³/mol. The third kappa shape index (κ3) is 4.90. The fourth-order valence-corrected chi connectivity index (χ4v) is 4.32. The molecule has 0 spiro atoms. The normalized spacial score (nSPS) is 47.4. The number of esters is 1. The monoisotopic (exact) mass is 412 g/mol. The highest BCUT2D eigenvalue weighted by Crippen LogP contribution is 2.35. The molecule has 2 saturated heterocycles. The Kier molecular flexibility index (Phi) is 7.14. The minimum atomic E-state index is -1.48. The molecule has 0 radical (unpaired) electrons. The van der Waals surface area contributed by atoms with Gasteiger partial charge in [0.05, 0.1) is 18.6 Å². The van der Waals surface area contributed by atoms with E-state index in [2.05, 4.69) is 0 Å². The molecule has 0 bridgehead atoms. The van der Waals surface area contributed by atoms with Crippen LogP contribution < -0.4 is 0 Å². The average molecular weight is 412 g/mol. The predicted octanol–water partition coefficient (Wildman–Crippen LogP) is 0.426. The van der Waals surface area contributed by atoms with Gasteiger partial charge < -0.3 is 34.6 Å². The van der Waals surface area contributed by atoms with Crippen molar-refractivity contribution in [3.8, 4) is 0 Å². The Morgan fingerprint density at radius 1 is 1.10 bits per heavy atom. The average Bonchev–Trinajstić information content (AvgIpc) is 2.93. The standard InChI is InChI=1S/C21H32O8/c1-10-4-5-14-12(3)20(26)28-15(14)8-11(2)7-13(6-10)27-21-19(25)18(24)17(23)16(9-22)29-21/h6,8,12-19,21-25H,4-5,7,9H2,1-3H3/b10-6-,11-8-/t12-,13+,14-,15+,16+,17+,18+,19+,21+/m0/s1. The van der Waals surface area contributed by atoms with Gasteiger partial charge in [-0.05, 0) is 39.2 Å². The molecular weight excluding hydrogens is 380 g/mol. The molecule has 0 aromatic carbocycles. The Hall–Kier alpha value is -1.29. The van der Waals surface area contributed by atoms with E-state index >= 15 is 0 Å². The number of hydrogen-bond acceptors (Lipinski definition) is 8. The fourth-order valence-electron chi connectivity index (χ4n) is 4.32. The van der Waals surface area contributed by atoms with Crippen molar-refractivity contribution in [1.29, 1.82) is 0 Å². The van der Waals surface area contributed by atoms with E-state index in [-0.39, 0.29) is 23.9 Å². The summed E-state index contributed by atoms with van der Waals surface area (Å²) in [6.45, 7) is 5.33. The van der Waals surface area contributed by atoms with E-state index in [0.717, 1.165) is 24.0 Å². The van der Waals surface area contributed by atoms with E-state index in [9.17, 15) is 25.2 Å². The van der Waals surface area contributed by atoms with Crippen molar-refractivity contribution < 1.29 is 39.4 Å². The first-order valence-electron chi connectivity index (χ1n) is 10.2. The highest BCUT2D eigenvalue weighted by atomic mass is 16.7. The number of rotatable bonds is 3. The first kappa shape index (κ1) is 22.4. The van der Waals surface area contributed by atoms with Crippen LogP contribution >= 0.6 is 0 Å². The number of allylic oxidation sites excluding steroid dienone is 1. The molecule has 1 aliphatic carbocycles. The summed E-state index contributed by atoms with van der Waals surface area (Å²) in [6.07, 6.45) is -1.24. The number of ether oxygens (including phenoxy) is 3. The summed E-state index contributed by atoms with van der Waals surface area (Å²) in [7, 11) is 0. The number of aliphatic hydroxyl groups is 4. The van der Waals surface area contributed by atoms with E-state index in [0.29, 0.717) is 6.42 Å². The van der Waals surface area contributed by atoms with E-state index in [1.807, 2.05) is 32.9 Å². The van der Waals surface area contributed by atoms with Crippen molar-refractivity contribution in [2.45, 2.75) is 82.9 Å². The van der Waals surface area contributed by atoms with Crippen LogP contribution in [0.3, 0.4) is 0 Å². The molecule has 4 N–H and O–H groups in total. The van der Waals surface area contributed by atoms with E-state index < -0.39 is 43.4 Å². The summed E-state index contributed by atoms with van der Waals surface area (Å²) in [5, 5.41) is 39.5. The lowest BCUT2D eigenvalue weighted by Gasteiger charge is -2.40. The van der Waals surface area contributed by atoms with Gasteiger partial charge >= 0.3 is 5.97 Å². The van der Waals surface area contributed by atoms with Gasteiger partial charge in [0, 0.05) is 5.92 Å². The van der Waals surface area contributed by atoms with Gasteiger partial charge in [0.15, 0.2) is 6.29 Å². The Labute approximate surface area is 170 Å². The molecular formula is C21H32O8. The third-order valence-corrected chi connectivity index (χ3v) is 6.16. The largest absolute Gasteiger partial charge is 0.458 e. The van der Waals surface area contributed by atoms with Gasteiger partial charge in [-0.15, -0.1) is 0 Å². The minimum absolute atomic E-state index is 0.127. The second-order valence-electron chi connectivity index (χ2n) is 8.49. The number of hydrogen-bond donors (Lipinski definition) is 4. The van der Waals surface area contributed by atoms with Crippen molar-refractivity contribution >= 4 is 5.97 Å². The number of carbonyl (C=O) groups excluding carboxylic acids is 1. The van der Waals surface area contributed by atoms with Crippen molar-refractivity contribution in [3.63, 3.8) is 0 Å². The molecule has 164 valence electrons. The van der Waals surface area contributed by atoms with E-state index in [1.54, 1.807) is 0 Å². The topological polar surface area (TPSA) is 126 Å². The molecule has 8 heteroatoms. The highest BCUT2D eigenvalue weighted by Gasteiger charge is 2.45. The van der Waals surface area contributed by atoms with Crippen LogP contribution in [-0.4, -0.2) is 75.9 Å². The zero-order chi connectivity index (χ0) is 21.3. The summed E-state index contributed by atoms with van der Waals surface area (Å²) in [6, 6.07) is 0. The smallest absolute Gasteiger partial charge is 0.309 e. The van der Waals surface area contributed by atoms with Gasteiger partial charge in [0.25, 0.3) is 0 Å². The van der Waals surface area contributed by atoms with Gasteiger partial charge in [-0.2, -0.15) is 0 Å². The molecule has 0 amide bonds. The molecule has 0 unspecified atom stereocenters. The van der Waals surface area contributed by atoms with E-state index in [1.165, 1.54) is 0 Å². The maximum atomic E-state index is 12.0. The summed E-state index contributed by atoms with van der Waals surface area (Å²) in [5.41, 5.74) is 2.06. The molecule has 2 fully saturated rings. The molecule has 8 nitrogen and oxygen atoms in total. The van der Waals surface area contributed by atoms with Crippen LogP contribution in [0.5, 0.6) is 0 Å². The quantitative estimate of drug-likeness (QED) is 0.388. The lowest BCUT2D eigenvalue weighted by Crippen LogP contribution is -2.59. The molecule has 2 heterocycles. The molecule has 3 rings (SSSR count). The maximum Gasteiger partial charge on any atom is 0.309 e. The minimum Gasteiger partial charge on any atom is -0.458 e. The molecule has 0 aromatic heterocycles. The zero-order valence-corrected chi connectivity index (χ0v) is 17.1. The summed E-state index contributed by atoms with van der Waals surface area (Å²) < 4.78 is 17.0. The van der Waals surface area contributed by atoms with Gasteiger partial charge in [-0.25, -0.2) is 0 Å². The third-order valence-electron chi connectivity index (χ3n) is 6.16. The van der Waals surface area contributed by atoms with Crippen molar-refractivity contribution in [2.75, 3.05) is 6.61 Å². The van der Waals surface area contributed by atoms with Crippen LogP contribution in [0.4, 0.5) is 0 Å². The number of aliphatic hydroxyl groups excluding tert-OH is 4. The summed E-state index contributed by atoms with van der Waals surface area (Å²) >= 11 is 0. The van der Waals surface area contributed by atoms with Crippen LogP contribution in [0.2, 0.25) is 0 Å². The lowest BCUT2D eigenvalue weighted by molar-refractivity contribution is -0.307. The first-order valence-corrected chi connectivity index (χ1v) is 10.2. The van der Waals surface area contributed by atoms with Gasteiger partial charge in [0.1, 0.15) is 30.5 Å². The summed E-state index contributed by atoms with van der Waals surface area (Å²) in [4.78, 5) is 12.0. The van der Waals surface area contributed by atoms with Crippen molar-refractivity contribution in [2.24, 2.45) is 11.8 Å². The van der Waals surface area contributed by atoms with Crippen LogP contribution in [0, 0.1) is 11.8 Å². The van der Waals surface area contributed by atoms with Crippen LogP contribution in [-0.2, 0) is 19.0 Å². The van der Waals surface area contributed by atoms with Crippen LogP contribution in [0.25, 0.3) is 0 Å². The first-order chi connectivity index (χ1) is 13.7. The second kappa shape index (κ2) is 9.24. The molecule has 0 aromatic rings. The Morgan fingerprint density at radius 2 is 1.83 bits per heavy atom. The Bertz CT molecular complexity index is 657. The van der Waals surface area contributed by atoms with Gasteiger partial charge in [-0.3, -0.25) is 4.79 Å². The Balaban J connectivity index is 1.76. The fraction of sp³-hybridized carbons (Fsp3) is 0.762. The van der Waals surface area contributed by atoms with E-state index in [4.69, 9.17) is 14.2 Å². The highest BCUT2D eigenvalue weighted by molar-refractivity contribution is 5.75. The zero-order valence-electron chi connectivity index (χ0n) is 17.1. The lowest BCUT2D eigenvalue weighted by atomic mass is 9.84. The van der Waals surface area contributed by atoms with Gasteiger partial charge in [0.2, 0.25) is 0 Å². The molecule has 9 atom stereocenters. The molecule has 29 heavy (non-hydrogen) atoms. The number of fused-ring (bicyclic) bond motifs is 1. The second-order valence-corrected chi connectivity index (χ2v) is 8.49. The van der Waals surface area contributed by atoms with Crippen molar-refractivity contribution in [3.05, 3.63) is 23.3 Å². The molecule has 2 aliphatic heterocycles. The van der Waals surface area contributed by atoms with Crippen molar-refractivity contribution in [1.82, 2.24) is 0 Å².